The highest BCUT2D eigenvalue weighted by Crippen LogP contribution is 2.34. The number of nitro benzene ring substituents is 2. The number of non-ortho nitro benzene ring substituents is 2. The van der Waals surface area contributed by atoms with E-state index in [1.54, 1.807) is 36.4 Å². The Bertz CT molecular complexity index is 1240. The van der Waals surface area contributed by atoms with Crippen molar-refractivity contribution in [2.75, 3.05) is 0 Å². The third-order valence-electron chi connectivity index (χ3n) is 4.66. The van der Waals surface area contributed by atoms with Crippen LogP contribution in [0.15, 0.2) is 77.9 Å². The van der Waals surface area contributed by atoms with E-state index in [9.17, 15) is 25.0 Å². The number of hydrogen-bond acceptors (Lipinski definition) is 8. The van der Waals surface area contributed by atoms with E-state index in [0.29, 0.717) is 17.1 Å². The van der Waals surface area contributed by atoms with Gasteiger partial charge in [-0.1, -0.05) is 30.3 Å². The summed E-state index contributed by atoms with van der Waals surface area (Å²) < 4.78 is 11.7. The van der Waals surface area contributed by atoms with Gasteiger partial charge in [0.05, 0.1) is 21.5 Å². The number of carbonyl (C=O) groups is 1. The van der Waals surface area contributed by atoms with Crippen molar-refractivity contribution in [2.45, 2.75) is 13.2 Å². The van der Waals surface area contributed by atoms with Crippen molar-refractivity contribution in [3.8, 4) is 11.5 Å². The van der Waals surface area contributed by atoms with Crippen LogP contribution in [0.3, 0.4) is 0 Å². The topological polar surface area (TPSA) is 137 Å². The monoisotopic (exact) mass is 448 g/mol. The summed E-state index contributed by atoms with van der Waals surface area (Å²) in [7, 11) is 0. The van der Waals surface area contributed by atoms with Gasteiger partial charge in [0.2, 0.25) is 18.0 Å². The quantitative estimate of drug-likeness (QED) is 0.399. The molecule has 0 N–H and O–H groups in total. The van der Waals surface area contributed by atoms with Crippen molar-refractivity contribution in [2.24, 2.45) is 5.10 Å². The highest BCUT2D eigenvalue weighted by molar-refractivity contribution is 5.97. The summed E-state index contributed by atoms with van der Waals surface area (Å²) >= 11 is 0. The second-order valence-corrected chi connectivity index (χ2v) is 6.98. The Kier molecular flexibility index (Phi) is 5.68. The second kappa shape index (κ2) is 8.75. The summed E-state index contributed by atoms with van der Waals surface area (Å²) in [5.74, 6) is 0.497. The molecule has 0 saturated carbocycles. The lowest BCUT2D eigenvalue weighted by atomic mass is 10.1. The lowest BCUT2D eigenvalue weighted by Gasteiger charge is -2.20. The Morgan fingerprint density at radius 3 is 2.18 bits per heavy atom. The van der Waals surface area contributed by atoms with Gasteiger partial charge in [-0.25, -0.2) is 0 Å². The van der Waals surface area contributed by atoms with Gasteiger partial charge in [-0.2, -0.15) is 5.01 Å². The maximum Gasteiger partial charge on any atom is 0.277 e. The predicted octanol–water partition coefficient (Wildman–Crippen LogP) is 4.53. The van der Waals surface area contributed by atoms with E-state index in [1.807, 2.05) is 18.2 Å². The van der Waals surface area contributed by atoms with Crippen LogP contribution >= 0.6 is 0 Å². The first-order chi connectivity index (χ1) is 15.8. The number of carbonyl (C=O) groups excluding carboxylic acids is 1. The normalized spacial score (nSPS) is 14.9. The number of benzene rings is 3. The van der Waals surface area contributed by atoms with Crippen LogP contribution in [0.5, 0.6) is 11.5 Å². The van der Waals surface area contributed by atoms with Gasteiger partial charge < -0.3 is 9.47 Å². The first-order valence-corrected chi connectivity index (χ1v) is 9.64. The van der Waals surface area contributed by atoms with Gasteiger partial charge in [-0.3, -0.25) is 25.0 Å². The van der Waals surface area contributed by atoms with E-state index in [-0.39, 0.29) is 11.5 Å². The minimum Gasteiger partial charge on any atom is -0.457 e. The molecule has 0 fully saturated rings. The highest BCUT2D eigenvalue weighted by Gasteiger charge is 2.34. The molecule has 33 heavy (non-hydrogen) atoms. The maximum absolute atomic E-state index is 12.2. The number of hydrazone groups is 1. The number of para-hydroxylation sites is 1. The Labute approximate surface area is 186 Å². The summed E-state index contributed by atoms with van der Waals surface area (Å²) in [4.78, 5) is 33.1. The van der Waals surface area contributed by atoms with E-state index in [0.717, 1.165) is 23.2 Å². The molecule has 4 rings (SSSR count). The molecule has 0 aliphatic carbocycles. The molecular weight excluding hydrogens is 432 g/mol. The highest BCUT2D eigenvalue weighted by atomic mass is 16.6. The fourth-order valence-corrected chi connectivity index (χ4v) is 3.19. The first kappa shape index (κ1) is 21.4. The van der Waals surface area contributed by atoms with E-state index in [4.69, 9.17) is 9.47 Å². The van der Waals surface area contributed by atoms with Crippen LogP contribution in [-0.4, -0.2) is 26.7 Å². The SMILES string of the molecule is CC(=O)N1N=C(c2cc([N+](=O)[O-])cc([N+](=O)[O-])c2)O[C@@H]1c1cccc(Oc2ccccc2)c1. The zero-order chi connectivity index (χ0) is 23.5. The number of nitro groups is 2. The Balaban J connectivity index is 1.67. The number of hydrogen-bond donors (Lipinski definition) is 0. The first-order valence-electron chi connectivity index (χ1n) is 9.64. The lowest BCUT2D eigenvalue weighted by molar-refractivity contribution is -0.394. The average Bonchev–Trinajstić information content (AvgIpc) is 3.26. The third kappa shape index (κ3) is 4.61. The van der Waals surface area contributed by atoms with Gasteiger partial charge in [0, 0.05) is 24.6 Å². The molecule has 0 saturated heterocycles. The molecule has 0 aromatic heterocycles. The van der Waals surface area contributed by atoms with Crippen molar-refractivity contribution in [1.29, 1.82) is 0 Å². The predicted molar refractivity (Wildman–Crippen MR) is 116 cm³/mol. The van der Waals surface area contributed by atoms with Crippen molar-refractivity contribution in [3.63, 3.8) is 0 Å². The molecule has 0 radical (unpaired) electrons. The fraction of sp³-hybridized carbons (Fsp3) is 0.0909. The van der Waals surface area contributed by atoms with Crippen molar-refractivity contribution in [1.82, 2.24) is 5.01 Å². The summed E-state index contributed by atoms with van der Waals surface area (Å²) in [5.41, 5.74) is -0.471. The number of rotatable bonds is 6. The Morgan fingerprint density at radius 2 is 1.58 bits per heavy atom. The molecule has 1 aliphatic heterocycles. The van der Waals surface area contributed by atoms with Crippen molar-refractivity contribution < 1.29 is 24.1 Å². The molecule has 166 valence electrons. The van der Waals surface area contributed by atoms with Gasteiger partial charge in [0.1, 0.15) is 11.5 Å². The molecule has 0 spiro atoms. The summed E-state index contributed by atoms with van der Waals surface area (Å²) in [6.45, 7) is 1.28. The largest absolute Gasteiger partial charge is 0.457 e. The summed E-state index contributed by atoms with van der Waals surface area (Å²) in [5, 5.41) is 27.6. The molecule has 1 heterocycles. The third-order valence-corrected chi connectivity index (χ3v) is 4.66. The van der Waals surface area contributed by atoms with Gasteiger partial charge in [-0.15, -0.1) is 5.10 Å². The summed E-state index contributed by atoms with van der Waals surface area (Å²) in [6, 6.07) is 18.9. The van der Waals surface area contributed by atoms with Crippen molar-refractivity contribution in [3.05, 3.63) is 104 Å². The van der Waals surface area contributed by atoms with Gasteiger partial charge in [0.25, 0.3) is 11.4 Å². The van der Waals surface area contributed by atoms with E-state index >= 15 is 0 Å². The molecule has 11 heteroatoms. The molecule has 3 aromatic carbocycles. The number of ether oxygens (including phenoxy) is 2. The summed E-state index contributed by atoms with van der Waals surface area (Å²) in [6.07, 6.45) is -0.991. The smallest absolute Gasteiger partial charge is 0.277 e. The van der Waals surface area contributed by atoms with Crippen LogP contribution in [0.25, 0.3) is 0 Å². The number of nitrogens with zero attached hydrogens (tertiary/aromatic N) is 4. The molecule has 3 aromatic rings. The standard InChI is InChI=1S/C22H16N4O7/c1-14(27)24-22(15-6-5-9-20(12-15)32-19-7-3-2-4-8-19)33-21(23-24)16-10-17(25(28)29)13-18(11-16)26(30)31/h2-13,22H,1H3/t22-/m1/s1. The maximum atomic E-state index is 12.2. The van der Waals surface area contributed by atoms with E-state index in [2.05, 4.69) is 5.10 Å². The fourth-order valence-electron chi connectivity index (χ4n) is 3.19. The van der Waals surface area contributed by atoms with Crippen LogP contribution in [0.1, 0.15) is 24.3 Å². The zero-order valence-corrected chi connectivity index (χ0v) is 17.2. The van der Waals surface area contributed by atoms with Crippen LogP contribution in [-0.2, 0) is 9.53 Å². The average molecular weight is 448 g/mol. The second-order valence-electron chi connectivity index (χ2n) is 6.98. The molecule has 0 bridgehead atoms. The Hall–Kier alpha value is -4.80. The zero-order valence-electron chi connectivity index (χ0n) is 17.2. The molecule has 0 unspecified atom stereocenters. The number of amides is 1. The van der Waals surface area contributed by atoms with Crippen molar-refractivity contribution >= 4 is 23.2 Å². The van der Waals surface area contributed by atoms with Crippen LogP contribution < -0.4 is 4.74 Å². The van der Waals surface area contributed by atoms with Gasteiger partial charge in [0.15, 0.2) is 0 Å². The van der Waals surface area contributed by atoms with Crippen LogP contribution in [0.2, 0.25) is 0 Å². The van der Waals surface area contributed by atoms with E-state index < -0.39 is 33.4 Å². The Morgan fingerprint density at radius 1 is 0.939 bits per heavy atom. The lowest BCUT2D eigenvalue weighted by Crippen LogP contribution is -2.25. The molecule has 11 nitrogen and oxygen atoms in total. The minimum absolute atomic E-state index is 0.00124. The molecule has 1 atom stereocenters. The molecule has 1 amide bonds. The van der Waals surface area contributed by atoms with Gasteiger partial charge >= 0.3 is 0 Å². The minimum atomic E-state index is -0.991. The van der Waals surface area contributed by atoms with Gasteiger partial charge in [-0.05, 0) is 24.3 Å². The van der Waals surface area contributed by atoms with Crippen LogP contribution in [0.4, 0.5) is 11.4 Å². The molecule has 1 aliphatic rings. The van der Waals surface area contributed by atoms with Crippen LogP contribution in [0, 0.1) is 20.2 Å². The molecular formula is C22H16N4O7. The van der Waals surface area contributed by atoms with E-state index in [1.165, 1.54) is 6.92 Å².